The van der Waals surface area contributed by atoms with Gasteiger partial charge in [0, 0.05) is 30.4 Å². The summed E-state index contributed by atoms with van der Waals surface area (Å²) in [5.74, 6) is 0.590. The van der Waals surface area contributed by atoms with Crippen LogP contribution in [-0.4, -0.2) is 31.9 Å². The lowest BCUT2D eigenvalue weighted by atomic mass is 10.1. The first-order valence-corrected chi connectivity index (χ1v) is 7.46. The highest BCUT2D eigenvalue weighted by molar-refractivity contribution is 9.10. The third-order valence-electron chi connectivity index (χ3n) is 2.95. The summed E-state index contributed by atoms with van der Waals surface area (Å²) in [6, 6.07) is 6.11. The van der Waals surface area contributed by atoms with Crippen LogP contribution in [0.2, 0.25) is 0 Å². The van der Waals surface area contributed by atoms with Crippen molar-refractivity contribution in [2.45, 2.75) is 26.9 Å². The van der Waals surface area contributed by atoms with Gasteiger partial charge in [0.1, 0.15) is 0 Å². The van der Waals surface area contributed by atoms with Crippen LogP contribution >= 0.6 is 15.9 Å². The number of ether oxygens (including phenoxy) is 1. The van der Waals surface area contributed by atoms with E-state index in [2.05, 4.69) is 46.8 Å². The third kappa shape index (κ3) is 5.13. The molecule has 0 fully saturated rings. The number of aliphatic hydroxyl groups is 1. The second-order valence-electron chi connectivity index (χ2n) is 5.21. The first kappa shape index (κ1) is 16.5. The Bertz CT molecular complexity index is 394. The molecule has 0 amide bonds. The van der Waals surface area contributed by atoms with Gasteiger partial charge in [-0.15, -0.1) is 0 Å². The van der Waals surface area contributed by atoms with Gasteiger partial charge in [-0.05, 0) is 30.5 Å². The summed E-state index contributed by atoms with van der Waals surface area (Å²) in [5, 5.41) is 9.66. The van der Waals surface area contributed by atoms with Crippen molar-refractivity contribution in [3.8, 4) is 0 Å². The Morgan fingerprint density at radius 1 is 1.32 bits per heavy atom. The van der Waals surface area contributed by atoms with E-state index in [1.54, 1.807) is 14.0 Å². The zero-order valence-corrected chi connectivity index (χ0v) is 13.8. The molecule has 0 aromatic heterocycles. The maximum atomic E-state index is 9.66. The van der Waals surface area contributed by atoms with Crippen LogP contribution in [0.25, 0.3) is 0 Å². The molecule has 0 aliphatic rings. The monoisotopic (exact) mass is 329 g/mol. The molecular weight excluding hydrogens is 306 g/mol. The molecule has 0 radical (unpaired) electrons. The molecule has 0 saturated heterocycles. The average Bonchev–Trinajstić information content (AvgIpc) is 2.33. The van der Waals surface area contributed by atoms with E-state index in [0.717, 1.165) is 28.8 Å². The normalized spacial score (nSPS) is 12.8. The number of anilines is 1. The summed E-state index contributed by atoms with van der Waals surface area (Å²) >= 11 is 3.53. The second-order valence-corrected chi connectivity index (χ2v) is 6.07. The number of nitrogens with zero attached hydrogens (tertiary/aromatic N) is 1. The van der Waals surface area contributed by atoms with E-state index in [-0.39, 0.29) is 0 Å². The quantitative estimate of drug-likeness (QED) is 0.829. The topological polar surface area (TPSA) is 32.7 Å². The minimum Gasteiger partial charge on any atom is -0.389 e. The van der Waals surface area contributed by atoms with Crippen LogP contribution in [-0.2, 0) is 4.74 Å². The van der Waals surface area contributed by atoms with Crippen LogP contribution in [0.5, 0.6) is 0 Å². The molecule has 108 valence electrons. The summed E-state index contributed by atoms with van der Waals surface area (Å²) in [6.45, 7) is 8.76. The minimum absolute atomic E-state index is 0.457. The van der Waals surface area contributed by atoms with E-state index < -0.39 is 6.10 Å². The first-order chi connectivity index (χ1) is 8.95. The molecule has 1 atom stereocenters. The predicted octanol–water partition coefficient (Wildman–Crippen LogP) is 3.61. The van der Waals surface area contributed by atoms with Gasteiger partial charge in [-0.25, -0.2) is 0 Å². The van der Waals surface area contributed by atoms with Gasteiger partial charge in [-0.3, -0.25) is 0 Å². The Kier molecular flexibility index (Phi) is 6.83. The first-order valence-electron chi connectivity index (χ1n) is 6.67. The highest BCUT2D eigenvalue weighted by Gasteiger charge is 2.12. The Morgan fingerprint density at radius 2 is 2.00 bits per heavy atom. The Hall–Kier alpha value is -0.580. The van der Waals surface area contributed by atoms with E-state index in [1.165, 1.54) is 0 Å². The standard InChI is InChI=1S/C15H24BrNO2/c1-11(2)10-17(7-8-19-4)13-5-6-14(12(3)18)15(16)9-13/h5-6,9,11-12,18H,7-8,10H2,1-4H3. The molecule has 1 aromatic rings. The number of hydrogen-bond donors (Lipinski definition) is 1. The molecule has 0 aliphatic carbocycles. The van der Waals surface area contributed by atoms with Gasteiger partial charge in [0.05, 0.1) is 12.7 Å². The molecule has 1 N–H and O–H groups in total. The van der Waals surface area contributed by atoms with Crippen LogP contribution < -0.4 is 4.90 Å². The van der Waals surface area contributed by atoms with Gasteiger partial charge in [0.2, 0.25) is 0 Å². The highest BCUT2D eigenvalue weighted by Crippen LogP contribution is 2.28. The van der Waals surface area contributed by atoms with E-state index in [1.807, 2.05) is 6.07 Å². The summed E-state index contributed by atoms with van der Waals surface area (Å²) in [4.78, 5) is 2.31. The van der Waals surface area contributed by atoms with Crippen molar-refractivity contribution < 1.29 is 9.84 Å². The SMILES string of the molecule is COCCN(CC(C)C)c1ccc(C(C)O)c(Br)c1. The lowest BCUT2D eigenvalue weighted by Gasteiger charge is -2.27. The van der Waals surface area contributed by atoms with Gasteiger partial charge in [0.25, 0.3) is 0 Å². The maximum absolute atomic E-state index is 9.66. The zero-order valence-electron chi connectivity index (χ0n) is 12.2. The number of aliphatic hydroxyl groups excluding tert-OH is 1. The molecule has 1 aromatic carbocycles. The molecule has 0 heterocycles. The van der Waals surface area contributed by atoms with Crippen LogP contribution in [0.3, 0.4) is 0 Å². The number of benzene rings is 1. The van der Waals surface area contributed by atoms with Crippen molar-refractivity contribution >= 4 is 21.6 Å². The van der Waals surface area contributed by atoms with Crippen molar-refractivity contribution in [3.63, 3.8) is 0 Å². The van der Waals surface area contributed by atoms with Gasteiger partial charge < -0.3 is 14.7 Å². The highest BCUT2D eigenvalue weighted by atomic mass is 79.9. The Labute approximate surface area is 124 Å². The summed E-state index contributed by atoms with van der Waals surface area (Å²) in [5.41, 5.74) is 2.07. The molecule has 19 heavy (non-hydrogen) atoms. The Morgan fingerprint density at radius 3 is 2.47 bits per heavy atom. The molecule has 0 aliphatic heterocycles. The van der Waals surface area contributed by atoms with Gasteiger partial charge in [-0.1, -0.05) is 35.8 Å². The molecular formula is C15H24BrNO2. The van der Waals surface area contributed by atoms with Crippen LogP contribution in [0.1, 0.15) is 32.4 Å². The van der Waals surface area contributed by atoms with Crippen LogP contribution in [0.15, 0.2) is 22.7 Å². The number of hydrogen-bond acceptors (Lipinski definition) is 3. The van der Waals surface area contributed by atoms with E-state index in [4.69, 9.17) is 4.74 Å². The average molecular weight is 330 g/mol. The molecule has 0 bridgehead atoms. The van der Waals surface area contributed by atoms with E-state index >= 15 is 0 Å². The summed E-state index contributed by atoms with van der Waals surface area (Å²) in [6.07, 6.45) is -0.457. The van der Waals surface area contributed by atoms with Crippen LogP contribution in [0.4, 0.5) is 5.69 Å². The van der Waals surface area contributed by atoms with Crippen molar-refractivity contribution in [2.75, 3.05) is 31.7 Å². The third-order valence-corrected chi connectivity index (χ3v) is 3.64. The maximum Gasteiger partial charge on any atom is 0.0772 e. The van der Waals surface area contributed by atoms with E-state index in [9.17, 15) is 5.11 Å². The lowest BCUT2D eigenvalue weighted by molar-refractivity contribution is 0.198. The fourth-order valence-corrected chi connectivity index (χ4v) is 2.72. The minimum atomic E-state index is -0.457. The fraction of sp³-hybridized carbons (Fsp3) is 0.600. The molecule has 3 nitrogen and oxygen atoms in total. The predicted molar refractivity (Wildman–Crippen MR) is 83.7 cm³/mol. The van der Waals surface area contributed by atoms with Crippen molar-refractivity contribution in [3.05, 3.63) is 28.2 Å². The van der Waals surface area contributed by atoms with E-state index in [0.29, 0.717) is 12.5 Å². The number of halogens is 1. The van der Waals surface area contributed by atoms with Gasteiger partial charge >= 0.3 is 0 Å². The fourth-order valence-electron chi connectivity index (χ4n) is 2.02. The molecule has 4 heteroatoms. The van der Waals surface area contributed by atoms with Gasteiger partial charge in [-0.2, -0.15) is 0 Å². The smallest absolute Gasteiger partial charge is 0.0772 e. The van der Waals surface area contributed by atoms with Crippen molar-refractivity contribution in [1.82, 2.24) is 0 Å². The molecule has 0 spiro atoms. The summed E-state index contributed by atoms with van der Waals surface area (Å²) in [7, 11) is 1.72. The van der Waals surface area contributed by atoms with Crippen LogP contribution in [0, 0.1) is 5.92 Å². The number of methoxy groups -OCH3 is 1. The molecule has 1 rings (SSSR count). The lowest BCUT2D eigenvalue weighted by Crippen LogP contribution is -2.31. The van der Waals surface area contributed by atoms with Gasteiger partial charge in [0.15, 0.2) is 0 Å². The molecule has 0 saturated carbocycles. The van der Waals surface area contributed by atoms with Crippen molar-refractivity contribution in [2.24, 2.45) is 5.92 Å². The Balaban J connectivity index is 2.92. The molecule has 1 unspecified atom stereocenters. The number of rotatable bonds is 7. The second kappa shape index (κ2) is 7.88. The largest absolute Gasteiger partial charge is 0.389 e. The summed E-state index contributed by atoms with van der Waals surface area (Å²) < 4.78 is 6.12. The van der Waals surface area contributed by atoms with Crippen molar-refractivity contribution in [1.29, 1.82) is 0 Å². The zero-order chi connectivity index (χ0) is 14.4.